The van der Waals surface area contributed by atoms with Crippen molar-refractivity contribution < 1.29 is 9.59 Å². The number of aryl methyl sites for hydroxylation is 2. The molecule has 1 rings (SSSR count). The minimum Gasteiger partial charge on any atom is -0.338 e. The Kier molecular flexibility index (Phi) is 5.55. The summed E-state index contributed by atoms with van der Waals surface area (Å²) in [4.78, 5) is 25.2. The SMILES string of the molecule is CCCCN(C)C(=O)C(=O)Nc1cc(C)ccc1C. The van der Waals surface area contributed by atoms with Crippen molar-refractivity contribution in [1.82, 2.24) is 4.90 Å². The molecule has 104 valence electrons. The summed E-state index contributed by atoms with van der Waals surface area (Å²) < 4.78 is 0. The van der Waals surface area contributed by atoms with Gasteiger partial charge < -0.3 is 10.2 Å². The molecule has 4 nitrogen and oxygen atoms in total. The molecule has 0 radical (unpaired) electrons. The summed E-state index contributed by atoms with van der Waals surface area (Å²) in [7, 11) is 1.65. The van der Waals surface area contributed by atoms with Gasteiger partial charge in [-0.2, -0.15) is 0 Å². The monoisotopic (exact) mass is 262 g/mol. The number of hydrogen-bond acceptors (Lipinski definition) is 2. The second-order valence-corrected chi connectivity index (χ2v) is 4.85. The number of benzene rings is 1. The van der Waals surface area contributed by atoms with E-state index in [9.17, 15) is 9.59 Å². The Hall–Kier alpha value is -1.84. The van der Waals surface area contributed by atoms with Crippen molar-refractivity contribution in [3.63, 3.8) is 0 Å². The van der Waals surface area contributed by atoms with Crippen molar-refractivity contribution in [3.05, 3.63) is 29.3 Å². The summed E-state index contributed by atoms with van der Waals surface area (Å²) in [5.74, 6) is -1.07. The first-order chi connectivity index (χ1) is 8.95. The predicted molar refractivity (Wildman–Crippen MR) is 77.1 cm³/mol. The summed E-state index contributed by atoms with van der Waals surface area (Å²) in [5, 5.41) is 2.68. The standard InChI is InChI=1S/C15H22N2O2/c1-5-6-9-17(4)15(19)14(18)16-13-10-11(2)7-8-12(13)3/h7-8,10H,5-6,9H2,1-4H3,(H,16,18). The molecule has 0 atom stereocenters. The van der Waals surface area contributed by atoms with E-state index in [0.29, 0.717) is 12.2 Å². The summed E-state index contributed by atoms with van der Waals surface area (Å²) in [6, 6.07) is 5.77. The smallest absolute Gasteiger partial charge is 0.313 e. The van der Waals surface area contributed by atoms with Crippen molar-refractivity contribution in [2.24, 2.45) is 0 Å². The Morgan fingerprint density at radius 3 is 2.58 bits per heavy atom. The van der Waals surface area contributed by atoms with Crippen LogP contribution in [0.4, 0.5) is 5.69 Å². The highest BCUT2D eigenvalue weighted by Gasteiger charge is 2.18. The van der Waals surface area contributed by atoms with Gasteiger partial charge in [0, 0.05) is 19.3 Å². The van der Waals surface area contributed by atoms with Crippen molar-refractivity contribution in [2.45, 2.75) is 33.6 Å². The van der Waals surface area contributed by atoms with Crippen molar-refractivity contribution in [2.75, 3.05) is 18.9 Å². The molecular weight excluding hydrogens is 240 g/mol. The maximum atomic E-state index is 11.9. The molecule has 0 fully saturated rings. The molecule has 2 amide bonds. The number of anilines is 1. The van der Waals surface area contributed by atoms with Gasteiger partial charge in [0.2, 0.25) is 0 Å². The highest BCUT2D eigenvalue weighted by molar-refractivity contribution is 6.39. The van der Waals surface area contributed by atoms with E-state index in [1.54, 1.807) is 7.05 Å². The van der Waals surface area contributed by atoms with Gasteiger partial charge >= 0.3 is 11.8 Å². The molecule has 0 saturated heterocycles. The molecule has 0 spiro atoms. The number of rotatable bonds is 4. The van der Waals surface area contributed by atoms with Crippen LogP contribution in [0.2, 0.25) is 0 Å². The quantitative estimate of drug-likeness (QED) is 0.848. The van der Waals surface area contributed by atoms with E-state index in [0.717, 1.165) is 24.0 Å². The Morgan fingerprint density at radius 2 is 1.95 bits per heavy atom. The molecule has 0 aliphatic carbocycles. The van der Waals surface area contributed by atoms with E-state index in [1.165, 1.54) is 4.90 Å². The lowest BCUT2D eigenvalue weighted by Gasteiger charge is -2.16. The van der Waals surface area contributed by atoms with Gasteiger partial charge in [0.1, 0.15) is 0 Å². The summed E-state index contributed by atoms with van der Waals surface area (Å²) >= 11 is 0. The number of carbonyl (C=O) groups is 2. The fraction of sp³-hybridized carbons (Fsp3) is 0.467. The molecule has 0 bridgehead atoms. The van der Waals surface area contributed by atoms with Crippen LogP contribution in [-0.4, -0.2) is 30.3 Å². The third-order valence-corrected chi connectivity index (χ3v) is 3.03. The number of amides is 2. The van der Waals surface area contributed by atoms with E-state index < -0.39 is 11.8 Å². The maximum absolute atomic E-state index is 11.9. The van der Waals surface area contributed by atoms with Crippen LogP contribution < -0.4 is 5.32 Å². The fourth-order valence-electron chi connectivity index (χ4n) is 1.72. The zero-order valence-electron chi connectivity index (χ0n) is 12.1. The Morgan fingerprint density at radius 1 is 1.26 bits per heavy atom. The van der Waals surface area contributed by atoms with Crippen molar-refractivity contribution in [3.8, 4) is 0 Å². The van der Waals surface area contributed by atoms with Crippen LogP contribution in [-0.2, 0) is 9.59 Å². The third kappa shape index (κ3) is 4.39. The number of unbranched alkanes of at least 4 members (excludes halogenated alkanes) is 1. The van der Waals surface area contributed by atoms with Crippen LogP contribution in [0, 0.1) is 13.8 Å². The third-order valence-electron chi connectivity index (χ3n) is 3.03. The lowest BCUT2D eigenvalue weighted by Crippen LogP contribution is -2.37. The van der Waals surface area contributed by atoms with Gasteiger partial charge in [0.15, 0.2) is 0 Å². The van der Waals surface area contributed by atoms with Crippen molar-refractivity contribution >= 4 is 17.5 Å². The van der Waals surface area contributed by atoms with Gasteiger partial charge in [-0.05, 0) is 37.5 Å². The number of likely N-dealkylation sites (N-methyl/N-ethyl adjacent to an activating group) is 1. The zero-order valence-corrected chi connectivity index (χ0v) is 12.1. The van der Waals surface area contributed by atoms with Gasteiger partial charge in [-0.25, -0.2) is 0 Å². The largest absolute Gasteiger partial charge is 0.338 e. The van der Waals surface area contributed by atoms with Crippen LogP contribution in [0.15, 0.2) is 18.2 Å². The van der Waals surface area contributed by atoms with Gasteiger partial charge in [-0.1, -0.05) is 25.5 Å². The normalized spacial score (nSPS) is 10.1. The van der Waals surface area contributed by atoms with Crippen LogP contribution >= 0.6 is 0 Å². The van der Waals surface area contributed by atoms with Crippen LogP contribution in [0.3, 0.4) is 0 Å². The highest BCUT2D eigenvalue weighted by atomic mass is 16.2. The highest BCUT2D eigenvalue weighted by Crippen LogP contribution is 2.16. The molecule has 1 aromatic rings. The average molecular weight is 262 g/mol. The molecule has 0 unspecified atom stereocenters. The molecule has 1 N–H and O–H groups in total. The topological polar surface area (TPSA) is 49.4 Å². The van der Waals surface area contributed by atoms with Gasteiger partial charge in [0.25, 0.3) is 0 Å². The summed E-state index contributed by atoms with van der Waals surface area (Å²) in [6.07, 6.45) is 1.90. The summed E-state index contributed by atoms with van der Waals surface area (Å²) in [5.41, 5.74) is 2.69. The molecule has 19 heavy (non-hydrogen) atoms. The number of carbonyl (C=O) groups excluding carboxylic acids is 2. The molecule has 0 saturated carbocycles. The van der Waals surface area contributed by atoms with E-state index in [-0.39, 0.29) is 0 Å². The van der Waals surface area contributed by atoms with Crippen LogP contribution in [0.25, 0.3) is 0 Å². The van der Waals surface area contributed by atoms with E-state index in [2.05, 4.69) is 12.2 Å². The zero-order chi connectivity index (χ0) is 14.4. The predicted octanol–water partition coefficient (Wildman–Crippen LogP) is 2.50. The molecule has 0 aromatic heterocycles. The fourth-order valence-corrected chi connectivity index (χ4v) is 1.72. The Labute approximate surface area is 114 Å². The minimum absolute atomic E-state index is 0.491. The van der Waals surface area contributed by atoms with Gasteiger partial charge in [0.05, 0.1) is 0 Å². The van der Waals surface area contributed by atoms with Gasteiger partial charge in [-0.3, -0.25) is 9.59 Å². The second kappa shape index (κ2) is 6.92. The minimum atomic E-state index is -0.577. The van der Waals surface area contributed by atoms with Crippen LogP contribution in [0.5, 0.6) is 0 Å². The van der Waals surface area contributed by atoms with Crippen molar-refractivity contribution in [1.29, 1.82) is 0 Å². The first kappa shape index (κ1) is 15.2. The molecular formula is C15H22N2O2. The summed E-state index contributed by atoms with van der Waals surface area (Å²) in [6.45, 7) is 6.51. The average Bonchev–Trinajstić information content (AvgIpc) is 2.39. The number of nitrogens with one attached hydrogen (secondary N) is 1. The lowest BCUT2D eigenvalue weighted by molar-refractivity contribution is -0.142. The first-order valence-electron chi connectivity index (χ1n) is 6.59. The second-order valence-electron chi connectivity index (χ2n) is 4.85. The molecule has 4 heteroatoms. The maximum Gasteiger partial charge on any atom is 0.313 e. The molecule has 0 aliphatic heterocycles. The van der Waals surface area contributed by atoms with Gasteiger partial charge in [-0.15, -0.1) is 0 Å². The molecule has 1 aromatic carbocycles. The number of nitrogens with zero attached hydrogens (tertiary/aromatic N) is 1. The van der Waals surface area contributed by atoms with Crippen LogP contribution in [0.1, 0.15) is 30.9 Å². The van der Waals surface area contributed by atoms with E-state index in [1.807, 2.05) is 32.0 Å². The molecule has 0 heterocycles. The molecule has 0 aliphatic rings. The number of hydrogen-bond donors (Lipinski definition) is 1. The van der Waals surface area contributed by atoms with E-state index >= 15 is 0 Å². The van der Waals surface area contributed by atoms with E-state index in [4.69, 9.17) is 0 Å². The Bertz CT molecular complexity index is 469. The first-order valence-corrected chi connectivity index (χ1v) is 6.59. The Balaban J connectivity index is 2.68. The lowest BCUT2D eigenvalue weighted by atomic mass is 10.1.